The first kappa shape index (κ1) is 96.9. The smallest absolute Gasteiger partial charge is 0.748 e. The van der Waals surface area contributed by atoms with Crippen LogP contribution in [0.3, 0.4) is 0 Å². The Labute approximate surface area is 563 Å². The van der Waals surface area contributed by atoms with E-state index in [0.29, 0.717) is 6.07 Å². The van der Waals surface area contributed by atoms with Gasteiger partial charge in [0.25, 0.3) is 10.1 Å². The molecule has 40 nitrogen and oxygen atoms in total. The first-order valence-electron chi connectivity index (χ1n) is 24.7. The van der Waals surface area contributed by atoms with E-state index in [1.54, 1.807) is 0 Å². The maximum absolute atomic E-state index is 11.8. The molecule has 1 rings (SSSR count). The summed E-state index contributed by atoms with van der Waals surface area (Å²) in [5.41, 5.74) is -0.707. The molecule has 0 spiro atoms. The van der Waals surface area contributed by atoms with E-state index in [9.17, 15) is 101 Å². The van der Waals surface area contributed by atoms with Gasteiger partial charge in [0.2, 0.25) is 5.91 Å². The van der Waals surface area contributed by atoms with Crippen LogP contribution in [0, 0.1) is 5.92 Å². The molecule has 7 N–H and O–H groups in total. The number of rotatable bonds is 34. The molecular weight excluding hydrogens is 1390 g/mol. The van der Waals surface area contributed by atoms with Gasteiger partial charge in [-0.05, 0) is 39.0 Å². The number of hydrogen-bond donors (Lipinski definition) is 7. The Morgan fingerprint density at radius 2 is 0.979 bits per heavy atom. The van der Waals surface area contributed by atoms with Gasteiger partial charge in [-0.25, -0.2) is 50.4 Å². The number of esters is 8. The summed E-state index contributed by atoms with van der Waals surface area (Å²) in [6, 6.07) is 0.474. The summed E-state index contributed by atoms with van der Waals surface area (Å²) in [6.07, 6.45) is 0.0589. The minimum Gasteiger partial charge on any atom is -0.748 e. The van der Waals surface area contributed by atoms with Crippen LogP contribution >= 0.6 is 0 Å². The quantitative estimate of drug-likeness (QED) is 0.00849. The predicted octanol–water partition coefficient (Wildman–Crippen LogP) is -4.88. The van der Waals surface area contributed by atoms with Crippen LogP contribution in [0.4, 0.5) is 0 Å². The van der Waals surface area contributed by atoms with Crippen LogP contribution < -0.4 is 34.9 Å². The molecule has 528 valence electrons. The van der Waals surface area contributed by atoms with Crippen LogP contribution in [0.1, 0.15) is 74.1 Å². The summed E-state index contributed by atoms with van der Waals surface area (Å²) < 4.78 is 156. The third kappa shape index (κ3) is 56.1. The molecular formula is C50H63NNaO39S4-. The van der Waals surface area contributed by atoms with Gasteiger partial charge in [0, 0.05) is 28.9 Å². The Morgan fingerprint density at radius 3 is 1.33 bits per heavy atom. The van der Waals surface area contributed by atoms with E-state index in [2.05, 4.69) is 66.1 Å². The molecule has 0 saturated carbocycles. The Bertz CT molecular complexity index is 3410. The fourth-order valence-corrected chi connectivity index (χ4v) is 6.31. The van der Waals surface area contributed by atoms with Crippen molar-refractivity contribution in [2.75, 3.05) is 58.6 Å². The average Bonchev–Trinajstić information content (AvgIpc) is 0.819. The molecule has 0 fully saturated rings. The third-order valence-electron chi connectivity index (χ3n) is 8.83. The molecule has 0 radical (unpaired) electrons. The molecule has 0 heterocycles. The predicted molar refractivity (Wildman–Crippen MR) is 303 cm³/mol. The van der Waals surface area contributed by atoms with Gasteiger partial charge in [-0.15, -0.1) is 12.6 Å². The van der Waals surface area contributed by atoms with Crippen molar-refractivity contribution in [1.82, 2.24) is 5.32 Å². The van der Waals surface area contributed by atoms with E-state index in [-0.39, 0.29) is 112 Å². The molecule has 0 saturated heterocycles. The number of aliphatic carboxylic acids is 4. The van der Waals surface area contributed by atoms with Gasteiger partial charge in [0.15, 0.2) is 5.25 Å². The van der Waals surface area contributed by atoms with Gasteiger partial charge in [-0.2, -0.15) is 8.42 Å². The van der Waals surface area contributed by atoms with Crippen LogP contribution in [0.2, 0.25) is 0 Å². The van der Waals surface area contributed by atoms with Crippen molar-refractivity contribution in [2.24, 2.45) is 5.92 Å². The second kappa shape index (κ2) is 51.3. The number of amides is 1. The van der Waals surface area contributed by atoms with Crippen LogP contribution in [0.25, 0.3) is 0 Å². The van der Waals surface area contributed by atoms with E-state index in [1.807, 2.05) is 5.32 Å². The van der Waals surface area contributed by atoms with Gasteiger partial charge >= 0.3 is 118 Å². The molecule has 0 aromatic heterocycles. The van der Waals surface area contributed by atoms with Crippen LogP contribution in [0.15, 0.2) is 84.9 Å². The number of nitrogens with one attached hydrogen (secondary N) is 1. The average molecular weight is 1450 g/mol. The number of benzene rings is 1. The molecule has 45 heteroatoms. The first-order valence-corrected chi connectivity index (χ1v) is 30.2. The molecule has 3 unspecified atom stereocenters. The van der Waals surface area contributed by atoms with Gasteiger partial charge in [0.05, 0.1) is 63.5 Å². The zero-order valence-corrected chi connectivity index (χ0v) is 55.9. The summed E-state index contributed by atoms with van der Waals surface area (Å²) in [6.45, 7) is 20.1. The second-order valence-electron chi connectivity index (χ2n) is 16.8. The SMILES string of the molecule is C=C(C)C(=O)NC(CS(=O)(=O)[O-])C(=O)O.C=C(C)C(=O)OCCOC(=O)CC(C)C(=O)O.C=C(C)C(=O)OCCOC(=O)c1ccc(S(=O)(=O)[O-])cc1C(=O)O.C=CC(=O)OCCOC(=O)C(CC(=O)O)S(=O)(=O)O.C=CC(=O)OCCOC(=O)CCC(=O)O.O=S(=O)=O.[Na+]. The first-order chi connectivity index (χ1) is 43.0. The van der Waals surface area contributed by atoms with Gasteiger partial charge < -0.3 is 77.8 Å². The van der Waals surface area contributed by atoms with Crippen molar-refractivity contribution >= 4 is 124 Å². The van der Waals surface area contributed by atoms with E-state index >= 15 is 0 Å². The fraction of sp³-hybridized carbons (Fsp3) is 0.400. The zero-order chi connectivity index (χ0) is 74.4. The summed E-state index contributed by atoms with van der Waals surface area (Å²) >= 11 is 0. The number of ether oxygens (including phenoxy) is 8. The molecule has 0 bridgehead atoms. The van der Waals surface area contributed by atoms with Crippen LogP contribution in [-0.2, 0) is 136 Å². The Kier molecular flexibility index (Phi) is 52.3. The van der Waals surface area contributed by atoms with Gasteiger partial charge in [-0.3, -0.25) is 38.1 Å². The topological polar surface area (TPSA) is 646 Å². The minimum absolute atomic E-state index is 0. The number of carboxylic acid groups (broad SMARTS) is 5. The summed E-state index contributed by atoms with van der Waals surface area (Å²) in [7, 11) is -17.6. The Hall–Kier alpha value is -9.15. The number of hydrogen-bond acceptors (Lipinski definition) is 33. The number of aromatic carboxylic acids is 1. The van der Waals surface area contributed by atoms with Crippen LogP contribution in [-0.4, -0.2) is 230 Å². The molecule has 1 aromatic rings. The molecule has 1 aromatic carbocycles. The van der Waals surface area contributed by atoms with Crippen molar-refractivity contribution in [3.05, 3.63) is 91.1 Å². The molecule has 0 aliphatic rings. The summed E-state index contributed by atoms with van der Waals surface area (Å²) in [5, 5.41) is 42.4. The van der Waals surface area contributed by atoms with E-state index < -0.39 is 176 Å². The van der Waals surface area contributed by atoms with Gasteiger partial charge in [0.1, 0.15) is 69.0 Å². The Balaban J connectivity index is -0.000000259. The van der Waals surface area contributed by atoms with Crippen LogP contribution in [0.5, 0.6) is 0 Å². The standard InChI is InChI=1S/C14H14O9S.C11H16O6.C9H12O9S.C9H12O6.C7H11NO6S.Na.O3S/c1-8(2)13(17)22-5-6-23-14(18)10-4-3-9(24(19,20)21)7-11(10)12(15)16;1-7(2)11(15)17-5-4-16-9(12)6-8(3)10(13)14;1-2-8(12)17-3-4-18-9(13)6(5-7(10)11)19(14,15)16;1-2-8(12)14-5-6-15-9(13)4-3-7(10)11;1-4(2)6(9)8-5(7(10)11)3-15(12,13)14;;1-4(2)3/h3-4,7H,1,5-6H2,2H3,(H,15,16)(H,19,20,21);8H,1,4-6H2,2-3H3,(H,13,14);2,6H,1,3-5H2,(H,10,11)(H,14,15,16);2H,1,3-6H2,(H,10,11);5H,1,3H2,2H3,(H,8,9)(H,10,11)(H,12,13,14);;/q;;;;;+1;/p-2. The molecule has 95 heavy (non-hydrogen) atoms. The fourth-order valence-electron chi connectivity index (χ4n) is 4.52. The van der Waals surface area contributed by atoms with Crippen molar-refractivity contribution in [3.8, 4) is 0 Å². The Morgan fingerprint density at radius 1 is 0.568 bits per heavy atom. The molecule has 0 aliphatic heterocycles. The number of carbonyl (C=O) groups excluding carboxylic acids is 9. The molecule has 1 amide bonds. The maximum atomic E-state index is 11.8. The molecule has 0 aliphatic carbocycles. The van der Waals surface area contributed by atoms with Crippen molar-refractivity contribution in [1.29, 1.82) is 0 Å². The minimum atomic E-state index is -4.90. The number of carbonyl (C=O) groups is 14. The van der Waals surface area contributed by atoms with Crippen molar-refractivity contribution in [2.45, 2.75) is 69.6 Å². The maximum Gasteiger partial charge on any atom is 1.00 e. The van der Waals surface area contributed by atoms with Crippen molar-refractivity contribution in [3.63, 3.8) is 0 Å². The third-order valence-corrected chi connectivity index (χ3v) is 11.5. The zero-order valence-electron chi connectivity index (χ0n) is 50.6. The molecule has 3 atom stereocenters. The second-order valence-corrected chi connectivity index (χ2v) is 21.6. The van der Waals surface area contributed by atoms with Crippen molar-refractivity contribution < 1.29 is 212 Å². The largest absolute Gasteiger partial charge is 1.00 e. The summed E-state index contributed by atoms with van der Waals surface area (Å²) in [4.78, 5) is 151. The summed E-state index contributed by atoms with van der Waals surface area (Å²) in [5.74, 6) is -16.1. The monoisotopic (exact) mass is 1450 g/mol. The van der Waals surface area contributed by atoms with Gasteiger partial charge in [-0.1, -0.05) is 39.8 Å². The van der Waals surface area contributed by atoms with E-state index in [1.165, 1.54) is 27.7 Å². The number of carboxylic acids is 5. The van der Waals surface area contributed by atoms with E-state index in [0.717, 1.165) is 24.3 Å². The normalized spacial score (nSPS) is 10.9. The van der Waals surface area contributed by atoms with E-state index in [4.69, 9.17) is 47.4 Å².